The van der Waals surface area contributed by atoms with E-state index in [4.69, 9.17) is 15.0 Å². The molecule has 74 heavy (non-hydrogen) atoms. The number of para-hydroxylation sites is 2. The van der Waals surface area contributed by atoms with Gasteiger partial charge in [-0.3, -0.25) is 4.57 Å². The highest BCUT2D eigenvalue weighted by Gasteiger charge is 2.24. The van der Waals surface area contributed by atoms with E-state index >= 15 is 0 Å². The number of hydrogen-bond acceptors (Lipinski definition) is 3. The van der Waals surface area contributed by atoms with E-state index in [1.165, 1.54) is 54.4 Å². The van der Waals surface area contributed by atoms with Gasteiger partial charge in [-0.15, -0.1) is 0 Å². The van der Waals surface area contributed by atoms with Gasteiger partial charge in [0.1, 0.15) is 0 Å². The van der Waals surface area contributed by atoms with Crippen LogP contribution in [-0.2, 0) is 0 Å². The van der Waals surface area contributed by atoms with Gasteiger partial charge in [-0.1, -0.05) is 224 Å². The average molecular weight is 942 g/mol. The van der Waals surface area contributed by atoms with Crippen LogP contribution in [0.1, 0.15) is 0 Å². The quantitative estimate of drug-likeness (QED) is 0.150. The molecule has 0 aliphatic carbocycles. The lowest BCUT2D eigenvalue weighted by atomic mass is 9.92. The molecule has 3 aromatic heterocycles. The van der Waals surface area contributed by atoms with Crippen LogP contribution in [0, 0.1) is 0 Å². The summed E-state index contributed by atoms with van der Waals surface area (Å²) in [6.45, 7) is 0. The van der Waals surface area contributed by atoms with Crippen LogP contribution in [0.5, 0.6) is 0 Å². The fraction of sp³-hybridized carbons (Fsp3) is 0. The summed E-state index contributed by atoms with van der Waals surface area (Å²) < 4.78 is 4.69. The van der Waals surface area contributed by atoms with Crippen molar-refractivity contribution in [3.63, 3.8) is 0 Å². The standard InChI is InChI=1S/C69H43N5/c1-3-16-44(17-4-1)49-20-15-21-50(42-49)45-30-32-48(33-31-45)68-70-67(47-18-5-2-6-19-47)71-69(72-68)74-64-29-14-12-27-59(64)61-41-40-60-58-26-11-13-28-63(58)73(65(60)66(61)74)52-37-34-46(35-38-52)51-36-39-57-55-24-8-7-22-53(55)54-23-9-10-25-56(54)62(57)43-51/h1-43H. The lowest BCUT2D eigenvalue weighted by Gasteiger charge is -2.14. The van der Waals surface area contributed by atoms with Gasteiger partial charge in [0.05, 0.1) is 22.1 Å². The molecule has 344 valence electrons. The predicted octanol–water partition coefficient (Wildman–Crippen LogP) is 17.9. The highest BCUT2D eigenvalue weighted by Crippen LogP contribution is 2.43. The maximum atomic E-state index is 5.43. The van der Waals surface area contributed by atoms with Crippen molar-refractivity contribution < 1.29 is 0 Å². The Morgan fingerprint density at radius 1 is 0.216 bits per heavy atom. The smallest absolute Gasteiger partial charge is 0.238 e. The molecule has 0 spiro atoms. The van der Waals surface area contributed by atoms with Crippen molar-refractivity contribution in [1.29, 1.82) is 0 Å². The van der Waals surface area contributed by atoms with Gasteiger partial charge in [-0.05, 0) is 102 Å². The van der Waals surface area contributed by atoms with E-state index < -0.39 is 0 Å². The molecular weight excluding hydrogens is 899 g/mol. The van der Waals surface area contributed by atoms with Crippen molar-refractivity contribution in [2.24, 2.45) is 0 Å². The van der Waals surface area contributed by atoms with E-state index in [0.717, 1.165) is 71.7 Å². The molecule has 0 atom stereocenters. The van der Waals surface area contributed by atoms with Gasteiger partial charge in [0.2, 0.25) is 5.95 Å². The molecule has 5 nitrogen and oxygen atoms in total. The van der Waals surface area contributed by atoms with Gasteiger partial charge in [-0.2, -0.15) is 9.97 Å². The van der Waals surface area contributed by atoms with Gasteiger partial charge in [-0.25, -0.2) is 4.98 Å². The number of benzene rings is 12. The molecule has 3 heterocycles. The van der Waals surface area contributed by atoms with Gasteiger partial charge >= 0.3 is 0 Å². The zero-order valence-corrected chi connectivity index (χ0v) is 40.1. The summed E-state index contributed by atoms with van der Waals surface area (Å²) in [6.07, 6.45) is 0. The molecule has 15 rings (SSSR count). The minimum Gasteiger partial charge on any atom is -0.307 e. The fourth-order valence-corrected chi connectivity index (χ4v) is 11.5. The average Bonchev–Trinajstić information content (AvgIpc) is 4.06. The first-order chi connectivity index (χ1) is 36.7. The first-order valence-electron chi connectivity index (χ1n) is 25.2. The van der Waals surface area contributed by atoms with Crippen molar-refractivity contribution in [2.45, 2.75) is 0 Å². The Hall–Kier alpha value is -9.97. The minimum absolute atomic E-state index is 0.552. The molecule has 0 unspecified atom stereocenters. The minimum atomic E-state index is 0.552. The molecule has 0 fully saturated rings. The highest BCUT2D eigenvalue weighted by molar-refractivity contribution is 6.26. The Balaban J connectivity index is 0.911. The van der Waals surface area contributed by atoms with Crippen LogP contribution in [0.25, 0.3) is 144 Å². The molecule has 15 aromatic rings. The Morgan fingerprint density at radius 3 is 1.16 bits per heavy atom. The van der Waals surface area contributed by atoms with E-state index in [2.05, 4.69) is 252 Å². The van der Waals surface area contributed by atoms with Crippen LogP contribution >= 0.6 is 0 Å². The molecule has 5 heteroatoms. The van der Waals surface area contributed by atoms with E-state index in [9.17, 15) is 0 Å². The maximum absolute atomic E-state index is 5.43. The second-order valence-corrected chi connectivity index (χ2v) is 19.1. The number of aromatic nitrogens is 5. The Bertz CT molecular complexity index is 4650. The highest BCUT2D eigenvalue weighted by atomic mass is 15.2. The van der Waals surface area contributed by atoms with Gasteiger partial charge < -0.3 is 4.57 Å². The van der Waals surface area contributed by atoms with Gasteiger partial charge in [0.15, 0.2) is 11.6 Å². The topological polar surface area (TPSA) is 48.5 Å². The van der Waals surface area contributed by atoms with Gasteiger partial charge in [0.25, 0.3) is 0 Å². The zero-order valence-electron chi connectivity index (χ0n) is 40.1. The summed E-state index contributed by atoms with van der Waals surface area (Å²) in [5.41, 5.74) is 14.1. The number of rotatable bonds is 7. The second-order valence-electron chi connectivity index (χ2n) is 19.1. The molecule has 0 bridgehead atoms. The summed E-state index contributed by atoms with van der Waals surface area (Å²) in [6, 6.07) is 93.6. The van der Waals surface area contributed by atoms with Gasteiger partial charge in [0, 0.05) is 38.4 Å². The third-order valence-corrected chi connectivity index (χ3v) is 15.0. The normalized spacial score (nSPS) is 11.8. The molecule has 0 N–H and O–H groups in total. The molecule has 12 aromatic carbocycles. The Kier molecular flexibility index (Phi) is 9.50. The van der Waals surface area contributed by atoms with Crippen LogP contribution in [0.3, 0.4) is 0 Å². The van der Waals surface area contributed by atoms with Crippen molar-refractivity contribution >= 4 is 75.9 Å². The molecular formula is C69H43N5. The number of fused-ring (bicyclic) bond motifs is 13. The number of nitrogens with zero attached hydrogens (tertiary/aromatic N) is 5. The van der Waals surface area contributed by atoms with E-state index in [1.807, 2.05) is 18.2 Å². The number of hydrogen-bond donors (Lipinski definition) is 0. The van der Waals surface area contributed by atoms with Crippen LogP contribution in [-0.4, -0.2) is 24.1 Å². The van der Waals surface area contributed by atoms with Crippen LogP contribution in [0.4, 0.5) is 0 Å². The molecule has 0 aliphatic heterocycles. The molecule has 0 saturated heterocycles. The lowest BCUT2D eigenvalue weighted by molar-refractivity contribution is 0.953. The van der Waals surface area contributed by atoms with Crippen LogP contribution in [0.15, 0.2) is 261 Å². The maximum Gasteiger partial charge on any atom is 0.238 e. The monoisotopic (exact) mass is 941 g/mol. The summed E-state index contributed by atoms with van der Waals surface area (Å²) in [7, 11) is 0. The Labute approximate surface area is 426 Å². The molecule has 0 radical (unpaired) electrons. The van der Waals surface area contributed by atoms with E-state index in [1.54, 1.807) is 0 Å². The van der Waals surface area contributed by atoms with Crippen molar-refractivity contribution in [3.05, 3.63) is 261 Å². The zero-order chi connectivity index (χ0) is 48.7. The predicted molar refractivity (Wildman–Crippen MR) is 308 cm³/mol. The fourth-order valence-electron chi connectivity index (χ4n) is 11.5. The van der Waals surface area contributed by atoms with E-state index in [0.29, 0.717) is 17.6 Å². The summed E-state index contributed by atoms with van der Waals surface area (Å²) >= 11 is 0. The van der Waals surface area contributed by atoms with Crippen LogP contribution in [0.2, 0.25) is 0 Å². The molecule has 0 aliphatic rings. The lowest BCUT2D eigenvalue weighted by Crippen LogP contribution is -2.07. The first kappa shape index (κ1) is 41.8. The summed E-state index contributed by atoms with van der Waals surface area (Å²) in [5.74, 6) is 1.76. The van der Waals surface area contributed by atoms with E-state index in [-0.39, 0.29) is 0 Å². The van der Waals surface area contributed by atoms with Crippen molar-refractivity contribution in [1.82, 2.24) is 24.1 Å². The largest absolute Gasteiger partial charge is 0.307 e. The third kappa shape index (κ3) is 6.68. The Morgan fingerprint density at radius 2 is 0.581 bits per heavy atom. The third-order valence-electron chi connectivity index (χ3n) is 15.0. The second kappa shape index (κ2) is 16.8. The van der Waals surface area contributed by atoms with Crippen molar-refractivity contribution in [2.75, 3.05) is 0 Å². The molecule has 0 amide bonds. The van der Waals surface area contributed by atoms with Crippen molar-refractivity contribution in [3.8, 4) is 67.8 Å². The van der Waals surface area contributed by atoms with Crippen LogP contribution < -0.4 is 0 Å². The molecule has 0 saturated carbocycles. The summed E-state index contributed by atoms with van der Waals surface area (Å²) in [4.78, 5) is 16.0. The first-order valence-corrected chi connectivity index (χ1v) is 25.2. The summed E-state index contributed by atoms with van der Waals surface area (Å²) in [5, 5.41) is 12.2. The SMILES string of the molecule is c1ccc(-c2cccc(-c3ccc(-c4nc(-c5ccccc5)nc(-n5c6ccccc6c6ccc7c8ccccc8n(-c8ccc(-c9ccc%10c%11ccccc%11c%11ccccc%11c%10c9)cc8)c7c65)n4)cc3)c2)cc1.